The van der Waals surface area contributed by atoms with Crippen LogP contribution in [-0.2, 0) is 11.3 Å². The molecule has 1 rings (SSSR count). The number of rotatable bonds is 7. The van der Waals surface area contributed by atoms with Crippen molar-refractivity contribution in [3.63, 3.8) is 0 Å². The number of nitrogens with two attached hydrogens (primary N) is 1. The summed E-state index contributed by atoms with van der Waals surface area (Å²) in [6, 6.07) is -0.308. The predicted octanol–water partition coefficient (Wildman–Crippen LogP) is 0.878. The zero-order chi connectivity index (χ0) is 14.6. The summed E-state index contributed by atoms with van der Waals surface area (Å²) in [4.78, 5) is 2.10. The fraction of sp³-hybridized carbons (Fsp3) is 0.769. The fourth-order valence-electron chi connectivity index (χ4n) is 1.78. The van der Waals surface area contributed by atoms with Crippen molar-refractivity contribution in [1.82, 2.24) is 14.7 Å². The highest BCUT2D eigenvalue weighted by Crippen LogP contribution is 2.32. The second kappa shape index (κ2) is 6.36. The van der Waals surface area contributed by atoms with Crippen molar-refractivity contribution in [3.05, 3.63) is 11.9 Å². The Morgan fingerprint density at radius 3 is 2.53 bits per heavy atom. The zero-order valence-corrected chi connectivity index (χ0v) is 12.8. The van der Waals surface area contributed by atoms with Crippen molar-refractivity contribution in [3.8, 4) is 5.75 Å². The Hall–Kier alpha value is -1.11. The molecule has 0 fully saturated rings. The van der Waals surface area contributed by atoms with E-state index in [2.05, 4.69) is 10.00 Å². The third-order valence-corrected chi connectivity index (χ3v) is 3.39. The number of hydrogen-bond donors (Lipinski definition) is 1. The third-order valence-electron chi connectivity index (χ3n) is 3.39. The van der Waals surface area contributed by atoms with Gasteiger partial charge in [-0.2, -0.15) is 5.10 Å². The van der Waals surface area contributed by atoms with Crippen molar-refractivity contribution >= 4 is 0 Å². The van der Waals surface area contributed by atoms with Gasteiger partial charge >= 0.3 is 0 Å². The van der Waals surface area contributed by atoms with Gasteiger partial charge in [-0.15, -0.1) is 0 Å². The van der Waals surface area contributed by atoms with E-state index in [4.69, 9.17) is 15.2 Å². The quantitative estimate of drug-likeness (QED) is 0.796. The maximum absolute atomic E-state index is 6.33. The lowest BCUT2D eigenvalue weighted by Crippen LogP contribution is -2.39. The standard InChI is InChI=1S/C13H26N4O2/c1-13(2,19-6)12(14)11-10(18-5)9-15-17(11)8-7-16(3)4/h9,12H,7-8,14H2,1-6H3. The average molecular weight is 270 g/mol. The van der Waals surface area contributed by atoms with Crippen LogP contribution in [0.5, 0.6) is 5.75 Å². The van der Waals surface area contributed by atoms with E-state index in [1.165, 1.54) is 0 Å². The molecule has 0 aliphatic heterocycles. The minimum Gasteiger partial charge on any atom is -0.493 e. The highest BCUT2D eigenvalue weighted by molar-refractivity contribution is 5.30. The summed E-state index contributed by atoms with van der Waals surface area (Å²) in [5.41, 5.74) is 6.72. The maximum Gasteiger partial charge on any atom is 0.161 e. The van der Waals surface area contributed by atoms with Gasteiger partial charge in [-0.1, -0.05) is 0 Å². The van der Waals surface area contributed by atoms with E-state index < -0.39 is 5.60 Å². The van der Waals surface area contributed by atoms with Crippen LogP contribution in [0.2, 0.25) is 0 Å². The molecule has 6 nitrogen and oxygen atoms in total. The molecule has 2 N–H and O–H groups in total. The second-order valence-electron chi connectivity index (χ2n) is 5.41. The van der Waals surface area contributed by atoms with Crippen molar-refractivity contribution < 1.29 is 9.47 Å². The zero-order valence-electron chi connectivity index (χ0n) is 12.8. The summed E-state index contributed by atoms with van der Waals surface area (Å²) in [6.07, 6.45) is 1.70. The van der Waals surface area contributed by atoms with Crippen molar-refractivity contribution in [2.45, 2.75) is 32.0 Å². The molecule has 110 valence electrons. The maximum atomic E-state index is 6.33. The highest BCUT2D eigenvalue weighted by Gasteiger charge is 2.32. The topological polar surface area (TPSA) is 65.5 Å². The highest BCUT2D eigenvalue weighted by atomic mass is 16.5. The van der Waals surface area contributed by atoms with Gasteiger partial charge < -0.3 is 20.1 Å². The SMILES string of the molecule is COc1cnn(CCN(C)C)c1C(N)C(C)(C)OC. The van der Waals surface area contributed by atoms with Crippen LogP contribution >= 0.6 is 0 Å². The van der Waals surface area contributed by atoms with E-state index in [0.29, 0.717) is 5.75 Å². The van der Waals surface area contributed by atoms with E-state index in [-0.39, 0.29) is 6.04 Å². The van der Waals surface area contributed by atoms with Crippen LogP contribution in [-0.4, -0.2) is 55.1 Å². The number of hydrogen-bond acceptors (Lipinski definition) is 5. The van der Waals surface area contributed by atoms with Gasteiger partial charge in [0.2, 0.25) is 0 Å². The Morgan fingerprint density at radius 1 is 1.42 bits per heavy atom. The summed E-state index contributed by atoms with van der Waals surface area (Å²) in [7, 11) is 7.34. The Kier molecular flexibility index (Phi) is 5.34. The summed E-state index contributed by atoms with van der Waals surface area (Å²) in [6.45, 7) is 5.57. The molecule has 0 aliphatic carbocycles. The van der Waals surface area contributed by atoms with E-state index in [1.54, 1.807) is 20.4 Å². The van der Waals surface area contributed by atoms with Gasteiger partial charge in [0.15, 0.2) is 5.75 Å². The Bertz CT molecular complexity index is 401. The largest absolute Gasteiger partial charge is 0.493 e. The molecule has 0 saturated heterocycles. The Morgan fingerprint density at radius 2 is 2.05 bits per heavy atom. The molecule has 0 spiro atoms. The van der Waals surface area contributed by atoms with Crippen molar-refractivity contribution in [2.75, 3.05) is 34.9 Å². The van der Waals surface area contributed by atoms with Gasteiger partial charge in [0.05, 0.1) is 31.5 Å². The molecule has 1 heterocycles. The molecule has 1 unspecified atom stereocenters. The first-order chi connectivity index (χ1) is 8.83. The van der Waals surface area contributed by atoms with Gasteiger partial charge in [-0.3, -0.25) is 4.68 Å². The predicted molar refractivity (Wildman–Crippen MR) is 75.3 cm³/mol. The molecule has 0 amide bonds. The molecule has 1 aromatic heterocycles. The van der Waals surface area contributed by atoms with Gasteiger partial charge in [0, 0.05) is 13.7 Å². The molecule has 0 aromatic carbocycles. The minimum absolute atomic E-state index is 0.308. The average Bonchev–Trinajstić information content (AvgIpc) is 2.77. The van der Waals surface area contributed by atoms with Crippen LogP contribution < -0.4 is 10.5 Å². The molecule has 0 bridgehead atoms. The van der Waals surface area contributed by atoms with Crippen molar-refractivity contribution in [1.29, 1.82) is 0 Å². The molecular formula is C13H26N4O2. The molecule has 1 atom stereocenters. The number of nitrogens with zero attached hydrogens (tertiary/aromatic N) is 3. The van der Waals surface area contributed by atoms with Crippen LogP contribution in [0.25, 0.3) is 0 Å². The molecule has 0 saturated carbocycles. The van der Waals surface area contributed by atoms with E-state index in [1.807, 2.05) is 32.6 Å². The van der Waals surface area contributed by atoms with Crippen LogP contribution in [0.4, 0.5) is 0 Å². The minimum atomic E-state index is -0.483. The molecular weight excluding hydrogens is 244 g/mol. The molecule has 0 radical (unpaired) electrons. The molecule has 19 heavy (non-hydrogen) atoms. The summed E-state index contributed by atoms with van der Waals surface area (Å²) < 4.78 is 12.7. The summed E-state index contributed by atoms with van der Waals surface area (Å²) in [5, 5.41) is 4.36. The van der Waals surface area contributed by atoms with Crippen LogP contribution in [0.15, 0.2) is 6.20 Å². The lowest BCUT2D eigenvalue weighted by atomic mass is 9.96. The number of methoxy groups -OCH3 is 2. The first kappa shape index (κ1) is 15.9. The normalized spacial score (nSPS) is 13.9. The molecule has 1 aromatic rings. The number of likely N-dealkylation sites (N-methyl/N-ethyl adjacent to an activating group) is 1. The van der Waals surface area contributed by atoms with E-state index >= 15 is 0 Å². The van der Waals surface area contributed by atoms with Gasteiger partial charge in [0.25, 0.3) is 0 Å². The summed E-state index contributed by atoms with van der Waals surface area (Å²) in [5.74, 6) is 0.705. The Balaban J connectivity index is 3.05. The smallest absolute Gasteiger partial charge is 0.161 e. The lowest BCUT2D eigenvalue weighted by molar-refractivity contribution is -0.00288. The third kappa shape index (κ3) is 3.68. The number of aromatic nitrogens is 2. The monoisotopic (exact) mass is 270 g/mol. The molecule has 0 aliphatic rings. The lowest BCUT2D eigenvalue weighted by Gasteiger charge is -2.31. The first-order valence-electron chi connectivity index (χ1n) is 6.38. The fourth-order valence-corrected chi connectivity index (χ4v) is 1.78. The van der Waals surface area contributed by atoms with E-state index in [9.17, 15) is 0 Å². The van der Waals surface area contributed by atoms with Crippen molar-refractivity contribution in [2.24, 2.45) is 5.73 Å². The van der Waals surface area contributed by atoms with Gasteiger partial charge in [-0.25, -0.2) is 0 Å². The van der Waals surface area contributed by atoms with Gasteiger partial charge in [0.1, 0.15) is 5.69 Å². The van der Waals surface area contributed by atoms with Crippen LogP contribution in [0.3, 0.4) is 0 Å². The van der Waals surface area contributed by atoms with Gasteiger partial charge in [-0.05, 0) is 27.9 Å². The number of ether oxygens (including phenoxy) is 2. The summed E-state index contributed by atoms with van der Waals surface area (Å²) >= 11 is 0. The van der Waals surface area contributed by atoms with Crippen LogP contribution in [0.1, 0.15) is 25.6 Å². The van der Waals surface area contributed by atoms with E-state index in [0.717, 1.165) is 18.8 Å². The second-order valence-corrected chi connectivity index (χ2v) is 5.41. The Labute approximate surface area is 115 Å². The molecule has 6 heteroatoms. The van der Waals surface area contributed by atoms with Crippen LogP contribution in [0, 0.1) is 0 Å². The first-order valence-corrected chi connectivity index (χ1v) is 6.38.